The van der Waals surface area contributed by atoms with Crippen molar-refractivity contribution in [1.82, 2.24) is 9.88 Å². The summed E-state index contributed by atoms with van der Waals surface area (Å²) in [4.78, 5) is 20.5. The van der Waals surface area contributed by atoms with Crippen molar-refractivity contribution in [3.8, 4) is 10.4 Å². The van der Waals surface area contributed by atoms with Crippen molar-refractivity contribution in [3.05, 3.63) is 65.1 Å². The van der Waals surface area contributed by atoms with Crippen molar-refractivity contribution in [1.29, 1.82) is 0 Å². The van der Waals surface area contributed by atoms with Gasteiger partial charge in [0, 0.05) is 41.5 Å². The summed E-state index contributed by atoms with van der Waals surface area (Å²) in [5, 5.41) is 5.77. The molecule has 1 saturated heterocycles. The molecule has 4 rings (SSSR count). The van der Waals surface area contributed by atoms with Gasteiger partial charge in [0.15, 0.2) is 11.6 Å². The number of hydrogen-bond donors (Lipinski definition) is 2. The van der Waals surface area contributed by atoms with Crippen LogP contribution in [0.4, 0.5) is 29.3 Å². The number of rotatable bonds is 4. The molecule has 0 radical (unpaired) electrons. The topological polar surface area (TPSA) is 57.3 Å². The van der Waals surface area contributed by atoms with Crippen molar-refractivity contribution in [3.63, 3.8) is 0 Å². The Morgan fingerprint density at radius 1 is 1.11 bits per heavy atom. The molecule has 1 aliphatic heterocycles. The van der Waals surface area contributed by atoms with E-state index in [0.717, 1.165) is 34.8 Å². The molecule has 2 atom stereocenters. The van der Waals surface area contributed by atoms with Gasteiger partial charge in [0.05, 0.1) is 9.88 Å². The third kappa shape index (κ3) is 5.85. The third-order valence-corrected chi connectivity index (χ3v) is 7.47. The lowest BCUT2D eigenvalue weighted by Gasteiger charge is -2.45. The Morgan fingerprint density at radius 3 is 2.49 bits per heavy atom. The van der Waals surface area contributed by atoms with E-state index < -0.39 is 29.2 Å². The lowest BCUT2D eigenvalue weighted by atomic mass is 9.88. The largest absolute Gasteiger partial charge is 0.323 e. The summed E-state index contributed by atoms with van der Waals surface area (Å²) in [6.07, 6.45) is 3.97. The molecule has 2 N–H and O–H groups in total. The fraction of sp³-hybridized carbons (Fsp3) is 0.385. The highest BCUT2D eigenvalue weighted by molar-refractivity contribution is 7.15. The van der Waals surface area contributed by atoms with Crippen LogP contribution in [0.2, 0.25) is 0 Å². The summed E-state index contributed by atoms with van der Waals surface area (Å²) in [6.45, 7) is 10.1. The first-order chi connectivity index (χ1) is 16.5. The summed E-state index contributed by atoms with van der Waals surface area (Å²) in [6, 6.07) is 7.81. The Kier molecular flexibility index (Phi) is 7.19. The van der Waals surface area contributed by atoms with Crippen LogP contribution in [-0.4, -0.2) is 34.0 Å². The predicted molar refractivity (Wildman–Crippen MR) is 134 cm³/mol. The molecular weight excluding hydrogens is 473 g/mol. The second-order valence-electron chi connectivity index (χ2n) is 9.90. The zero-order chi connectivity index (χ0) is 25.3. The molecule has 35 heavy (non-hydrogen) atoms. The van der Waals surface area contributed by atoms with Crippen LogP contribution in [0.25, 0.3) is 10.4 Å². The number of nitrogens with one attached hydrogen (secondary N) is 2. The Bertz CT molecular complexity index is 1200. The van der Waals surface area contributed by atoms with Gasteiger partial charge in [0.2, 0.25) is 0 Å². The number of urea groups is 1. The fourth-order valence-electron chi connectivity index (χ4n) is 4.69. The molecular formula is C26H29F3N4OS. The normalized spacial score (nSPS) is 18.9. The van der Waals surface area contributed by atoms with Crippen molar-refractivity contribution in [2.45, 2.75) is 58.0 Å². The molecule has 2 heterocycles. The molecule has 1 aromatic heterocycles. The molecule has 2 unspecified atom stereocenters. The number of benzene rings is 2. The molecule has 5 nitrogen and oxygen atoms in total. The van der Waals surface area contributed by atoms with E-state index in [0.29, 0.717) is 29.8 Å². The van der Waals surface area contributed by atoms with E-state index in [1.54, 1.807) is 29.5 Å². The zero-order valence-corrected chi connectivity index (χ0v) is 21.0. The quantitative estimate of drug-likeness (QED) is 0.395. The van der Waals surface area contributed by atoms with Crippen molar-refractivity contribution >= 4 is 28.7 Å². The maximum atomic E-state index is 13.8. The molecule has 2 aromatic carbocycles. The third-order valence-electron chi connectivity index (χ3n) is 6.26. The van der Waals surface area contributed by atoms with Crippen LogP contribution >= 0.6 is 11.3 Å². The summed E-state index contributed by atoms with van der Waals surface area (Å²) < 4.78 is 40.7. The second kappa shape index (κ2) is 9.99. The van der Waals surface area contributed by atoms with Gasteiger partial charge in [-0.05, 0) is 64.8 Å². The first kappa shape index (κ1) is 25.2. The van der Waals surface area contributed by atoms with Crippen molar-refractivity contribution < 1.29 is 18.0 Å². The number of likely N-dealkylation sites (tertiary alicyclic amines) is 1. The average Bonchev–Trinajstić information content (AvgIpc) is 3.26. The second-order valence-corrected chi connectivity index (χ2v) is 11.0. The lowest BCUT2D eigenvalue weighted by Crippen LogP contribution is -2.50. The molecule has 1 aliphatic rings. The number of amides is 2. The Balaban J connectivity index is 1.43. The van der Waals surface area contributed by atoms with Gasteiger partial charge in [-0.15, -0.1) is 11.3 Å². The molecule has 3 aromatic rings. The number of hydrogen-bond acceptors (Lipinski definition) is 4. The van der Waals surface area contributed by atoms with Crippen molar-refractivity contribution in [2.75, 3.05) is 17.2 Å². The van der Waals surface area contributed by atoms with Crippen LogP contribution in [0.15, 0.2) is 42.6 Å². The number of carbonyl (C=O) groups excluding carboxylic acids is 1. The van der Waals surface area contributed by atoms with Gasteiger partial charge in [-0.1, -0.05) is 12.1 Å². The molecule has 186 valence electrons. The van der Waals surface area contributed by atoms with Gasteiger partial charge in [-0.25, -0.2) is 22.9 Å². The number of thiazole rings is 1. The average molecular weight is 503 g/mol. The number of anilines is 2. The number of piperidine rings is 1. The number of nitrogens with zero attached hydrogens (tertiary/aromatic N) is 2. The van der Waals surface area contributed by atoms with Gasteiger partial charge in [0.25, 0.3) is 0 Å². The van der Waals surface area contributed by atoms with E-state index in [2.05, 4.69) is 43.2 Å². The molecule has 0 spiro atoms. The highest BCUT2D eigenvalue weighted by atomic mass is 32.1. The molecule has 2 amide bonds. The van der Waals surface area contributed by atoms with Crippen LogP contribution < -0.4 is 10.6 Å². The lowest BCUT2D eigenvalue weighted by molar-refractivity contribution is 0.0527. The summed E-state index contributed by atoms with van der Waals surface area (Å²) in [5.74, 6) is -3.02. The standard InChI is InChI=1S/C26H29F3N4OS/c1-15-10-17(8-9-33(15)26(2,3)4)24-30-14-22(35-24)16-6-5-7-19(11-16)31-25(34)32-23-20(28)12-18(27)13-21(23)29/h5-7,11-15,17H,8-10H2,1-4H3,(H2,31,32,34). The van der Waals surface area contributed by atoms with Gasteiger partial charge in [-0.3, -0.25) is 4.90 Å². The van der Waals surface area contributed by atoms with E-state index in [1.807, 2.05) is 12.3 Å². The van der Waals surface area contributed by atoms with E-state index in [-0.39, 0.29) is 5.54 Å². The van der Waals surface area contributed by atoms with E-state index in [4.69, 9.17) is 4.98 Å². The highest BCUT2D eigenvalue weighted by Gasteiger charge is 2.33. The minimum Gasteiger partial charge on any atom is -0.308 e. The first-order valence-corrected chi connectivity index (χ1v) is 12.4. The molecule has 0 bridgehead atoms. The Hall–Kier alpha value is -2.91. The minimum atomic E-state index is -1.19. The number of halogens is 3. The number of aromatic nitrogens is 1. The monoisotopic (exact) mass is 502 g/mol. The van der Waals surface area contributed by atoms with Gasteiger partial charge in [0.1, 0.15) is 11.5 Å². The van der Waals surface area contributed by atoms with Crippen LogP contribution in [-0.2, 0) is 0 Å². The van der Waals surface area contributed by atoms with Gasteiger partial charge >= 0.3 is 6.03 Å². The smallest absolute Gasteiger partial charge is 0.308 e. The number of carbonyl (C=O) groups is 1. The van der Waals surface area contributed by atoms with Gasteiger partial charge < -0.3 is 10.6 Å². The first-order valence-electron chi connectivity index (χ1n) is 11.6. The van der Waals surface area contributed by atoms with E-state index in [9.17, 15) is 18.0 Å². The maximum absolute atomic E-state index is 13.8. The molecule has 0 aliphatic carbocycles. The Morgan fingerprint density at radius 2 is 1.83 bits per heavy atom. The molecule has 1 fully saturated rings. The van der Waals surface area contributed by atoms with Gasteiger partial charge in [-0.2, -0.15) is 0 Å². The summed E-state index contributed by atoms with van der Waals surface area (Å²) >= 11 is 1.65. The van der Waals surface area contributed by atoms with Crippen LogP contribution in [0.1, 0.15) is 51.5 Å². The van der Waals surface area contributed by atoms with Crippen LogP contribution in [0, 0.1) is 17.5 Å². The Labute approximate surface area is 207 Å². The van der Waals surface area contributed by atoms with Crippen LogP contribution in [0.5, 0.6) is 0 Å². The SMILES string of the molecule is CC1CC(c2ncc(-c3cccc(NC(=O)Nc4c(F)cc(F)cc4F)c3)s2)CCN1C(C)(C)C. The van der Waals surface area contributed by atoms with Crippen molar-refractivity contribution in [2.24, 2.45) is 0 Å². The molecule has 0 saturated carbocycles. The highest BCUT2D eigenvalue weighted by Crippen LogP contribution is 2.39. The molecule has 9 heteroatoms. The van der Waals surface area contributed by atoms with E-state index in [1.165, 1.54) is 0 Å². The van der Waals surface area contributed by atoms with Crippen LogP contribution in [0.3, 0.4) is 0 Å². The maximum Gasteiger partial charge on any atom is 0.323 e. The fourth-order valence-corrected chi connectivity index (χ4v) is 5.75. The predicted octanol–water partition coefficient (Wildman–Crippen LogP) is 7.24. The van der Waals surface area contributed by atoms with E-state index >= 15 is 0 Å². The summed E-state index contributed by atoms with van der Waals surface area (Å²) in [7, 11) is 0. The summed E-state index contributed by atoms with van der Waals surface area (Å²) in [5.41, 5.74) is 0.765. The zero-order valence-electron chi connectivity index (χ0n) is 20.2. The minimum absolute atomic E-state index is 0.145.